The molecule has 1 aliphatic rings. The van der Waals surface area contributed by atoms with Gasteiger partial charge < -0.3 is 5.32 Å². The number of aromatic nitrogens is 6. The van der Waals surface area contributed by atoms with E-state index in [2.05, 4.69) is 30.6 Å². The minimum Gasteiger partial charge on any atom is -0.315 e. The summed E-state index contributed by atoms with van der Waals surface area (Å²) in [5.74, 6) is 0.198. The third-order valence-corrected chi connectivity index (χ3v) is 5.76. The van der Waals surface area contributed by atoms with Crippen LogP contribution < -0.4 is 10.2 Å². The first-order valence-corrected chi connectivity index (χ1v) is 10.8. The maximum Gasteiger partial charge on any atom is 0.278 e. The maximum atomic E-state index is 13.5. The number of hydrogen-bond acceptors (Lipinski definition) is 7. The molecule has 9 nitrogen and oxygen atoms in total. The fourth-order valence-electron chi connectivity index (χ4n) is 3.90. The van der Waals surface area contributed by atoms with E-state index in [0.717, 1.165) is 24.9 Å². The van der Waals surface area contributed by atoms with Gasteiger partial charge >= 0.3 is 0 Å². The number of aryl methyl sites for hydroxylation is 1. The van der Waals surface area contributed by atoms with Gasteiger partial charge in [0.25, 0.3) is 5.91 Å². The molecule has 1 aliphatic heterocycles. The largest absolute Gasteiger partial charge is 0.315 e. The Morgan fingerprint density at radius 1 is 1.18 bits per heavy atom. The van der Waals surface area contributed by atoms with E-state index in [1.54, 1.807) is 52.4 Å². The molecule has 1 amide bonds. The lowest BCUT2D eigenvalue weighted by Crippen LogP contribution is -2.49. The molecule has 1 atom stereocenters. The number of piperidine rings is 1. The Balaban J connectivity index is 0.00000162. The molecule has 34 heavy (non-hydrogen) atoms. The Labute approximate surface area is 213 Å². The normalized spacial score (nSPS) is 15.3. The summed E-state index contributed by atoms with van der Waals surface area (Å²) in [6.45, 7) is 3.56. The van der Waals surface area contributed by atoms with Crippen LogP contribution in [0.25, 0.3) is 16.9 Å². The first-order chi connectivity index (χ1) is 15.6. The lowest BCUT2D eigenvalue weighted by Gasteiger charge is -2.34. The molecule has 5 heterocycles. The predicted molar refractivity (Wildman–Crippen MR) is 136 cm³/mol. The molecule has 5 rings (SSSR count). The number of nitrogens with zero attached hydrogens (tertiary/aromatic N) is 7. The van der Waals surface area contributed by atoms with Gasteiger partial charge in [-0.1, -0.05) is 16.8 Å². The minimum absolute atomic E-state index is 0. The number of fused-ring (bicyclic) bond motifs is 1. The third kappa shape index (κ3) is 4.97. The van der Waals surface area contributed by atoms with Gasteiger partial charge in [-0.15, -0.1) is 29.9 Å². The highest BCUT2D eigenvalue weighted by Crippen LogP contribution is 2.28. The maximum absolute atomic E-state index is 13.5. The summed E-state index contributed by atoms with van der Waals surface area (Å²) < 4.78 is 1.61. The second-order valence-corrected chi connectivity index (χ2v) is 8.15. The average Bonchev–Trinajstić information content (AvgIpc) is 3.24. The van der Waals surface area contributed by atoms with Crippen LogP contribution in [0.5, 0.6) is 0 Å². The zero-order chi connectivity index (χ0) is 22.1. The standard InChI is InChI=1S/C22H21ClN8O.2ClH/c1-14-10-19-21(27-11-14)31(29-28-19)16-6-7-18(26-13-16)22(32)30(15-4-2-8-24-12-15)20-17(23)5-3-9-25-20;;/h3,5-7,9-11,13,15,24H,2,4,8,12H2,1H3;2*1H/t15-;;/m1../s1. The monoisotopic (exact) mass is 520 g/mol. The molecule has 0 radical (unpaired) electrons. The van der Waals surface area contributed by atoms with Crippen LogP contribution in [0.4, 0.5) is 5.82 Å². The lowest BCUT2D eigenvalue weighted by atomic mass is 10.0. The quantitative estimate of drug-likeness (QED) is 0.436. The van der Waals surface area contributed by atoms with Crippen LogP contribution in [0, 0.1) is 6.92 Å². The Morgan fingerprint density at radius 2 is 2.03 bits per heavy atom. The molecule has 0 unspecified atom stereocenters. The first-order valence-electron chi connectivity index (χ1n) is 10.4. The van der Waals surface area contributed by atoms with Crippen LogP contribution in [-0.2, 0) is 0 Å². The van der Waals surface area contributed by atoms with Crippen molar-refractivity contribution in [1.82, 2.24) is 35.3 Å². The topological polar surface area (TPSA) is 102 Å². The number of rotatable bonds is 4. The summed E-state index contributed by atoms with van der Waals surface area (Å²) in [5, 5.41) is 12.1. The number of carbonyl (C=O) groups excluding carboxylic acids is 1. The predicted octanol–water partition coefficient (Wildman–Crippen LogP) is 3.81. The zero-order valence-electron chi connectivity index (χ0n) is 18.3. The summed E-state index contributed by atoms with van der Waals surface area (Å²) in [5.41, 5.74) is 3.31. The van der Waals surface area contributed by atoms with E-state index >= 15 is 0 Å². The van der Waals surface area contributed by atoms with Crippen LogP contribution in [0.1, 0.15) is 28.9 Å². The molecular formula is C22H23Cl3N8O. The molecule has 0 aromatic carbocycles. The van der Waals surface area contributed by atoms with Crippen LogP contribution in [0.3, 0.4) is 0 Å². The van der Waals surface area contributed by atoms with Crippen LogP contribution in [0.15, 0.2) is 48.9 Å². The Hall–Kier alpha value is -2.85. The molecule has 4 aromatic rings. The zero-order valence-corrected chi connectivity index (χ0v) is 20.6. The second kappa shape index (κ2) is 11.1. The van der Waals surface area contributed by atoms with Crippen molar-refractivity contribution in [3.8, 4) is 5.69 Å². The van der Waals surface area contributed by atoms with E-state index in [0.29, 0.717) is 39.9 Å². The number of nitrogens with one attached hydrogen (secondary N) is 1. The molecule has 0 spiro atoms. The number of carbonyl (C=O) groups is 1. The van der Waals surface area contributed by atoms with Crippen molar-refractivity contribution in [2.45, 2.75) is 25.8 Å². The van der Waals surface area contributed by atoms with Gasteiger partial charge in [0.05, 0.1) is 22.9 Å². The van der Waals surface area contributed by atoms with E-state index in [-0.39, 0.29) is 36.8 Å². The van der Waals surface area contributed by atoms with E-state index in [4.69, 9.17) is 11.6 Å². The highest BCUT2D eigenvalue weighted by atomic mass is 35.5. The van der Waals surface area contributed by atoms with Gasteiger partial charge in [-0.2, -0.15) is 4.68 Å². The van der Waals surface area contributed by atoms with Gasteiger partial charge in [-0.05, 0) is 62.2 Å². The van der Waals surface area contributed by atoms with Crippen molar-refractivity contribution >= 4 is 59.3 Å². The number of hydrogen-bond donors (Lipinski definition) is 1. The number of amides is 1. The average molecular weight is 522 g/mol. The van der Waals surface area contributed by atoms with Gasteiger partial charge in [0.2, 0.25) is 0 Å². The van der Waals surface area contributed by atoms with Gasteiger partial charge in [-0.3, -0.25) is 9.69 Å². The minimum atomic E-state index is -0.247. The van der Waals surface area contributed by atoms with Gasteiger partial charge in [0.15, 0.2) is 11.5 Å². The molecule has 178 valence electrons. The summed E-state index contributed by atoms with van der Waals surface area (Å²) in [6, 6.07) is 8.81. The molecule has 1 saturated heterocycles. The molecule has 0 aliphatic carbocycles. The van der Waals surface area contributed by atoms with Crippen molar-refractivity contribution in [3.63, 3.8) is 0 Å². The Kier molecular flexibility index (Phi) is 8.37. The summed E-state index contributed by atoms with van der Waals surface area (Å²) in [4.78, 5) is 28.4. The number of halogens is 3. The summed E-state index contributed by atoms with van der Waals surface area (Å²) in [6.07, 6.45) is 6.83. The number of anilines is 1. The SMILES string of the molecule is Cc1cnc2c(c1)nnn2-c1ccc(C(=O)N(c2ncccc2Cl)[C@@H]2CCCNC2)nc1.Cl.Cl. The van der Waals surface area contributed by atoms with Crippen molar-refractivity contribution in [1.29, 1.82) is 0 Å². The van der Waals surface area contributed by atoms with Crippen molar-refractivity contribution < 1.29 is 4.79 Å². The van der Waals surface area contributed by atoms with E-state index in [9.17, 15) is 4.79 Å². The van der Waals surface area contributed by atoms with Crippen LogP contribution in [0.2, 0.25) is 5.02 Å². The fourth-order valence-corrected chi connectivity index (χ4v) is 4.11. The van der Waals surface area contributed by atoms with Crippen molar-refractivity contribution in [3.05, 3.63) is 65.2 Å². The molecular weight excluding hydrogens is 499 g/mol. The summed E-state index contributed by atoms with van der Waals surface area (Å²) in [7, 11) is 0. The third-order valence-electron chi connectivity index (χ3n) is 5.46. The first kappa shape index (κ1) is 25.8. The highest BCUT2D eigenvalue weighted by Gasteiger charge is 2.30. The van der Waals surface area contributed by atoms with Gasteiger partial charge in [-0.25, -0.2) is 15.0 Å². The second-order valence-electron chi connectivity index (χ2n) is 7.74. The molecule has 1 N–H and O–H groups in total. The smallest absolute Gasteiger partial charge is 0.278 e. The molecule has 1 fully saturated rings. The van der Waals surface area contributed by atoms with Gasteiger partial charge in [0, 0.05) is 18.9 Å². The Bertz CT molecular complexity index is 1270. The molecule has 4 aromatic heterocycles. The fraction of sp³-hybridized carbons (Fsp3) is 0.273. The van der Waals surface area contributed by atoms with Crippen molar-refractivity contribution in [2.24, 2.45) is 0 Å². The Morgan fingerprint density at radius 3 is 2.74 bits per heavy atom. The lowest BCUT2D eigenvalue weighted by molar-refractivity contribution is 0.0966. The van der Waals surface area contributed by atoms with E-state index in [1.807, 2.05) is 13.0 Å². The van der Waals surface area contributed by atoms with Crippen LogP contribution in [-0.4, -0.2) is 55.0 Å². The highest BCUT2D eigenvalue weighted by molar-refractivity contribution is 6.33. The molecule has 0 saturated carbocycles. The van der Waals surface area contributed by atoms with E-state index in [1.165, 1.54) is 0 Å². The van der Waals surface area contributed by atoms with E-state index < -0.39 is 0 Å². The van der Waals surface area contributed by atoms with Crippen LogP contribution >= 0.6 is 36.4 Å². The number of pyridine rings is 3. The van der Waals surface area contributed by atoms with Gasteiger partial charge in [0.1, 0.15) is 11.2 Å². The van der Waals surface area contributed by atoms with Crippen molar-refractivity contribution in [2.75, 3.05) is 18.0 Å². The molecule has 0 bridgehead atoms. The summed E-state index contributed by atoms with van der Waals surface area (Å²) >= 11 is 6.41. The molecule has 12 heteroatoms.